The molecule has 5 aromatic rings. The fraction of sp³-hybridized carbons (Fsp3) is 0.345. The number of fused-ring (bicyclic) bond motifs is 3. The van der Waals surface area contributed by atoms with Gasteiger partial charge in [0.05, 0.1) is 11.2 Å². The normalized spacial score (nSPS) is 13.8. The van der Waals surface area contributed by atoms with E-state index in [0.717, 1.165) is 77.3 Å². The highest BCUT2D eigenvalue weighted by atomic mass is 28.3. The molecule has 8 nitrogen and oxygen atoms in total. The number of anilines is 1. The number of hydrogen-bond donors (Lipinski definition) is 0. The third-order valence-electron chi connectivity index (χ3n) is 7.18. The van der Waals surface area contributed by atoms with Gasteiger partial charge >= 0.3 is 0 Å². The lowest BCUT2D eigenvalue weighted by Crippen LogP contribution is -2.31. The number of benzene rings is 1. The third kappa shape index (κ3) is 4.91. The number of aryl methyl sites for hydroxylation is 1. The summed E-state index contributed by atoms with van der Waals surface area (Å²) in [7, 11) is -1.13. The van der Waals surface area contributed by atoms with Crippen LogP contribution in [0.4, 0.5) is 5.82 Å². The molecule has 0 spiro atoms. The van der Waals surface area contributed by atoms with Gasteiger partial charge in [-0.1, -0.05) is 43.9 Å². The first kappa shape index (κ1) is 24.6. The van der Waals surface area contributed by atoms with Crippen molar-refractivity contribution >= 4 is 36.1 Å². The maximum Gasteiger partial charge on any atom is 0.161 e. The number of hydrogen-bond acceptors (Lipinski definition) is 7. The third-order valence-corrected chi connectivity index (χ3v) is 8.89. The fourth-order valence-electron chi connectivity index (χ4n) is 4.95. The molecular formula is C29H33N7OSi. The van der Waals surface area contributed by atoms with Crippen molar-refractivity contribution in [1.29, 1.82) is 0 Å². The van der Waals surface area contributed by atoms with Crippen LogP contribution in [0.15, 0.2) is 55.0 Å². The Morgan fingerprint density at radius 3 is 2.63 bits per heavy atom. The number of rotatable bonds is 7. The van der Waals surface area contributed by atoms with E-state index in [1.807, 2.05) is 29.8 Å². The smallest absolute Gasteiger partial charge is 0.161 e. The van der Waals surface area contributed by atoms with Crippen molar-refractivity contribution < 1.29 is 4.74 Å². The minimum atomic E-state index is -1.13. The molecule has 1 aromatic carbocycles. The van der Waals surface area contributed by atoms with Crippen LogP contribution in [-0.2, 0) is 24.4 Å². The van der Waals surface area contributed by atoms with E-state index >= 15 is 0 Å². The molecule has 5 heterocycles. The summed E-state index contributed by atoms with van der Waals surface area (Å²) in [6.07, 6.45) is 4.50. The molecule has 0 atom stereocenters. The van der Waals surface area contributed by atoms with Gasteiger partial charge in [0.1, 0.15) is 29.9 Å². The van der Waals surface area contributed by atoms with Crippen molar-refractivity contribution in [2.45, 2.75) is 52.3 Å². The monoisotopic (exact) mass is 523 g/mol. The highest BCUT2D eigenvalue weighted by Crippen LogP contribution is 2.30. The number of pyridine rings is 2. The summed E-state index contributed by atoms with van der Waals surface area (Å²) in [4.78, 5) is 26.0. The molecule has 1 aliphatic rings. The maximum atomic E-state index is 5.99. The Hall–Kier alpha value is -3.69. The second kappa shape index (κ2) is 9.88. The summed E-state index contributed by atoms with van der Waals surface area (Å²) in [6.45, 7) is 12.0. The Labute approximate surface area is 223 Å². The van der Waals surface area contributed by atoms with Gasteiger partial charge in [-0.05, 0) is 48.7 Å². The SMILES string of the molecule is Cc1nc2cc(-c3ccc4ncnc(N5CCc6ccccc6C5)c4n3)cnc2n1COCC[Si](C)(C)C. The van der Waals surface area contributed by atoms with Gasteiger partial charge in [0, 0.05) is 39.5 Å². The van der Waals surface area contributed by atoms with Gasteiger partial charge in [0.25, 0.3) is 0 Å². The van der Waals surface area contributed by atoms with Crippen LogP contribution in [0.1, 0.15) is 17.0 Å². The van der Waals surface area contributed by atoms with Crippen molar-refractivity contribution in [3.05, 3.63) is 71.9 Å². The molecule has 0 amide bonds. The lowest BCUT2D eigenvalue weighted by atomic mass is 10.00. The van der Waals surface area contributed by atoms with Gasteiger partial charge in [0.15, 0.2) is 11.5 Å². The quantitative estimate of drug-likeness (QED) is 0.202. The Morgan fingerprint density at radius 1 is 0.947 bits per heavy atom. The topological polar surface area (TPSA) is 81.9 Å². The van der Waals surface area contributed by atoms with Crippen molar-refractivity contribution in [2.75, 3.05) is 18.1 Å². The molecule has 1 aliphatic heterocycles. The highest BCUT2D eigenvalue weighted by Gasteiger charge is 2.21. The molecule has 194 valence electrons. The van der Waals surface area contributed by atoms with Gasteiger partial charge < -0.3 is 9.64 Å². The van der Waals surface area contributed by atoms with Crippen LogP contribution in [0.5, 0.6) is 0 Å². The van der Waals surface area contributed by atoms with Crippen LogP contribution >= 0.6 is 0 Å². The molecule has 9 heteroatoms. The Bertz CT molecular complexity index is 1630. The van der Waals surface area contributed by atoms with E-state index in [2.05, 4.69) is 64.8 Å². The number of nitrogens with zero attached hydrogens (tertiary/aromatic N) is 7. The molecule has 0 fully saturated rings. The second-order valence-corrected chi connectivity index (χ2v) is 16.8. The molecule has 0 unspecified atom stereocenters. The van der Waals surface area contributed by atoms with Crippen LogP contribution in [-0.4, -0.2) is 50.7 Å². The predicted molar refractivity (Wildman–Crippen MR) is 154 cm³/mol. The molecule has 4 aromatic heterocycles. The molecule has 6 rings (SSSR count). The maximum absolute atomic E-state index is 5.99. The zero-order chi connectivity index (χ0) is 26.3. The second-order valence-electron chi connectivity index (χ2n) is 11.2. The van der Waals surface area contributed by atoms with Crippen molar-refractivity contribution in [1.82, 2.24) is 29.5 Å². The van der Waals surface area contributed by atoms with E-state index < -0.39 is 8.07 Å². The van der Waals surface area contributed by atoms with Gasteiger partial charge in [-0.25, -0.2) is 24.9 Å². The summed E-state index contributed by atoms with van der Waals surface area (Å²) in [5, 5.41) is 0. The average Bonchev–Trinajstić information content (AvgIpc) is 3.23. The van der Waals surface area contributed by atoms with Crippen LogP contribution in [0.25, 0.3) is 33.5 Å². The standard InChI is InChI=1S/C29H33N7OSi/c1-20-33-26-15-23(16-30-28(26)36(20)19-37-13-14-38(2,3)4)24-9-10-25-27(34-24)29(32-18-31-25)35-12-11-21-7-5-6-8-22(21)17-35/h5-10,15-16,18H,11-14,17,19H2,1-4H3. The minimum Gasteiger partial charge on any atom is -0.361 e. The van der Waals surface area contributed by atoms with E-state index in [9.17, 15) is 0 Å². The van der Waals surface area contributed by atoms with E-state index in [0.29, 0.717) is 6.73 Å². The average molecular weight is 524 g/mol. The zero-order valence-corrected chi connectivity index (χ0v) is 23.5. The Kier molecular flexibility index (Phi) is 6.41. The first-order valence-corrected chi connectivity index (χ1v) is 16.9. The number of ether oxygens (including phenoxy) is 1. The van der Waals surface area contributed by atoms with E-state index in [1.165, 1.54) is 11.1 Å². The molecule has 0 aliphatic carbocycles. The van der Waals surface area contributed by atoms with Crippen molar-refractivity contribution in [3.8, 4) is 11.3 Å². The van der Waals surface area contributed by atoms with E-state index in [4.69, 9.17) is 19.7 Å². The van der Waals surface area contributed by atoms with E-state index in [-0.39, 0.29) is 0 Å². The van der Waals surface area contributed by atoms with Crippen LogP contribution in [0.2, 0.25) is 25.7 Å². The summed E-state index contributed by atoms with van der Waals surface area (Å²) in [5.41, 5.74) is 7.81. The van der Waals surface area contributed by atoms with Crippen LogP contribution in [0.3, 0.4) is 0 Å². The van der Waals surface area contributed by atoms with Crippen molar-refractivity contribution in [2.24, 2.45) is 0 Å². The molecule has 0 N–H and O–H groups in total. The summed E-state index contributed by atoms with van der Waals surface area (Å²) in [6, 6.07) is 15.8. The molecular weight excluding hydrogens is 490 g/mol. The number of imidazole rings is 1. The fourth-order valence-corrected chi connectivity index (χ4v) is 5.71. The van der Waals surface area contributed by atoms with Gasteiger partial charge in [-0.15, -0.1) is 0 Å². The van der Waals surface area contributed by atoms with Gasteiger partial charge in [-0.2, -0.15) is 0 Å². The lowest BCUT2D eigenvalue weighted by Gasteiger charge is -2.30. The predicted octanol–water partition coefficient (Wildman–Crippen LogP) is 5.62. The Morgan fingerprint density at radius 2 is 1.79 bits per heavy atom. The summed E-state index contributed by atoms with van der Waals surface area (Å²) < 4.78 is 8.02. The largest absolute Gasteiger partial charge is 0.361 e. The van der Waals surface area contributed by atoms with E-state index in [1.54, 1.807) is 6.33 Å². The number of aromatic nitrogens is 6. The minimum absolute atomic E-state index is 0.465. The van der Waals surface area contributed by atoms with Crippen molar-refractivity contribution in [3.63, 3.8) is 0 Å². The molecule has 0 saturated heterocycles. The van der Waals surface area contributed by atoms with Gasteiger partial charge in [-0.3, -0.25) is 4.57 Å². The molecule has 0 radical (unpaired) electrons. The van der Waals surface area contributed by atoms with Crippen LogP contribution in [0, 0.1) is 6.92 Å². The summed E-state index contributed by atoms with van der Waals surface area (Å²) >= 11 is 0. The Balaban J connectivity index is 1.29. The first-order valence-electron chi connectivity index (χ1n) is 13.2. The highest BCUT2D eigenvalue weighted by molar-refractivity contribution is 6.76. The zero-order valence-electron chi connectivity index (χ0n) is 22.5. The van der Waals surface area contributed by atoms with Gasteiger partial charge in [0.2, 0.25) is 0 Å². The lowest BCUT2D eigenvalue weighted by molar-refractivity contribution is 0.0881. The van der Waals surface area contributed by atoms with Crippen LogP contribution < -0.4 is 4.90 Å². The first-order chi connectivity index (χ1) is 18.4. The molecule has 0 saturated carbocycles. The summed E-state index contributed by atoms with van der Waals surface area (Å²) in [5.74, 6) is 1.76. The molecule has 0 bridgehead atoms. The molecule has 38 heavy (non-hydrogen) atoms.